The monoisotopic (exact) mass is 180 g/mol. The average Bonchev–Trinajstić information content (AvgIpc) is 2.02. The van der Waals surface area contributed by atoms with Gasteiger partial charge in [-0.2, -0.15) is 0 Å². The van der Waals surface area contributed by atoms with Crippen molar-refractivity contribution in [2.75, 3.05) is 0 Å². The predicted molar refractivity (Wildman–Crippen MR) is 45.3 cm³/mol. The van der Waals surface area contributed by atoms with Gasteiger partial charge < -0.3 is 5.11 Å². The van der Waals surface area contributed by atoms with Crippen molar-refractivity contribution in [2.45, 2.75) is 52.1 Å². The van der Waals surface area contributed by atoms with Crippen LogP contribution in [0, 0.1) is 5.92 Å². The Bertz CT molecular complexity index is 137. The summed E-state index contributed by atoms with van der Waals surface area (Å²) in [5.41, 5.74) is -1.83. The van der Waals surface area contributed by atoms with Crippen LogP contribution in [0.4, 0.5) is 8.78 Å². The summed E-state index contributed by atoms with van der Waals surface area (Å²) in [6.45, 7) is 6.02. The van der Waals surface area contributed by atoms with E-state index in [0.717, 1.165) is 0 Å². The van der Waals surface area contributed by atoms with Crippen molar-refractivity contribution in [3.8, 4) is 0 Å². The quantitative estimate of drug-likeness (QED) is 0.705. The van der Waals surface area contributed by atoms with Crippen molar-refractivity contribution in [1.29, 1.82) is 0 Å². The Morgan fingerprint density at radius 2 is 1.50 bits per heavy atom. The molecule has 0 aliphatic rings. The molecule has 0 aromatic rings. The van der Waals surface area contributed by atoms with Gasteiger partial charge in [0, 0.05) is 5.92 Å². The molecule has 0 spiro atoms. The molecule has 0 heterocycles. The van der Waals surface area contributed by atoms with E-state index in [-0.39, 0.29) is 12.8 Å². The second-order valence-electron chi connectivity index (χ2n) is 3.52. The summed E-state index contributed by atoms with van der Waals surface area (Å²) in [6.07, 6.45) is 0.184. The molecular formula is C9H18F2O. The second kappa shape index (κ2) is 3.69. The van der Waals surface area contributed by atoms with Gasteiger partial charge in [-0.15, -0.1) is 0 Å². The van der Waals surface area contributed by atoms with Crippen molar-refractivity contribution in [3.63, 3.8) is 0 Å². The van der Waals surface area contributed by atoms with Gasteiger partial charge in [0.15, 0.2) is 0 Å². The van der Waals surface area contributed by atoms with Crippen LogP contribution in [0.3, 0.4) is 0 Å². The Morgan fingerprint density at radius 1 is 1.17 bits per heavy atom. The van der Waals surface area contributed by atoms with Crippen molar-refractivity contribution in [1.82, 2.24) is 0 Å². The molecule has 0 saturated heterocycles. The van der Waals surface area contributed by atoms with Crippen LogP contribution in [-0.2, 0) is 0 Å². The molecule has 12 heavy (non-hydrogen) atoms. The molecular weight excluding hydrogens is 162 g/mol. The third kappa shape index (κ3) is 1.76. The predicted octanol–water partition coefficient (Wildman–Crippen LogP) is 2.83. The maximum Gasteiger partial charge on any atom is 0.278 e. The SMILES string of the molecule is CCC(O)(CC)C(F)(F)C(C)C. The Kier molecular flexibility index (Phi) is 3.63. The van der Waals surface area contributed by atoms with Gasteiger partial charge in [-0.1, -0.05) is 27.7 Å². The summed E-state index contributed by atoms with van der Waals surface area (Å²) >= 11 is 0. The molecule has 0 unspecified atom stereocenters. The number of rotatable bonds is 4. The van der Waals surface area contributed by atoms with Gasteiger partial charge in [-0.25, -0.2) is 8.78 Å². The van der Waals surface area contributed by atoms with Crippen LogP contribution in [-0.4, -0.2) is 16.6 Å². The number of halogens is 2. The highest BCUT2D eigenvalue weighted by Crippen LogP contribution is 2.39. The van der Waals surface area contributed by atoms with E-state index in [1.54, 1.807) is 13.8 Å². The first-order valence-electron chi connectivity index (χ1n) is 4.42. The van der Waals surface area contributed by atoms with E-state index >= 15 is 0 Å². The molecule has 0 saturated carbocycles. The molecule has 0 aromatic carbocycles. The third-order valence-electron chi connectivity index (χ3n) is 2.52. The molecule has 0 atom stereocenters. The van der Waals surface area contributed by atoms with Gasteiger partial charge >= 0.3 is 0 Å². The molecule has 0 fully saturated rings. The summed E-state index contributed by atoms with van der Waals surface area (Å²) < 4.78 is 26.7. The highest BCUT2D eigenvalue weighted by atomic mass is 19.3. The van der Waals surface area contributed by atoms with E-state index in [2.05, 4.69) is 0 Å². The summed E-state index contributed by atoms with van der Waals surface area (Å²) in [7, 11) is 0. The van der Waals surface area contributed by atoms with E-state index in [9.17, 15) is 13.9 Å². The lowest BCUT2D eigenvalue weighted by Crippen LogP contribution is -2.50. The maximum absolute atomic E-state index is 13.3. The van der Waals surface area contributed by atoms with Crippen LogP contribution < -0.4 is 0 Å². The first-order valence-corrected chi connectivity index (χ1v) is 4.42. The van der Waals surface area contributed by atoms with Gasteiger partial charge in [0.2, 0.25) is 0 Å². The van der Waals surface area contributed by atoms with Gasteiger partial charge in [0.1, 0.15) is 5.60 Å². The van der Waals surface area contributed by atoms with Crippen LogP contribution in [0.25, 0.3) is 0 Å². The van der Waals surface area contributed by atoms with Crippen molar-refractivity contribution < 1.29 is 13.9 Å². The zero-order valence-electron chi connectivity index (χ0n) is 8.19. The topological polar surface area (TPSA) is 20.2 Å². The molecule has 3 heteroatoms. The van der Waals surface area contributed by atoms with Gasteiger partial charge in [0.05, 0.1) is 0 Å². The fourth-order valence-electron chi connectivity index (χ4n) is 1.26. The minimum Gasteiger partial charge on any atom is -0.384 e. The maximum atomic E-state index is 13.3. The largest absolute Gasteiger partial charge is 0.384 e. The Labute approximate surface area is 72.8 Å². The summed E-state index contributed by atoms with van der Waals surface area (Å²) in [5, 5.41) is 9.58. The molecule has 0 aromatic heterocycles. The smallest absolute Gasteiger partial charge is 0.278 e. The highest BCUT2D eigenvalue weighted by molar-refractivity contribution is 4.92. The Hall–Kier alpha value is -0.180. The highest BCUT2D eigenvalue weighted by Gasteiger charge is 2.51. The zero-order chi connectivity index (χ0) is 9.99. The van der Waals surface area contributed by atoms with E-state index in [0.29, 0.717) is 0 Å². The van der Waals surface area contributed by atoms with Gasteiger partial charge in [0.25, 0.3) is 5.92 Å². The molecule has 1 nitrogen and oxygen atoms in total. The van der Waals surface area contributed by atoms with Gasteiger partial charge in [-0.3, -0.25) is 0 Å². The Morgan fingerprint density at radius 3 is 1.58 bits per heavy atom. The summed E-state index contributed by atoms with van der Waals surface area (Å²) in [6, 6.07) is 0. The van der Waals surface area contributed by atoms with E-state index in [1.807, 2.05) is 0 Å². The number of hydrogen-bond donors (Lipinski definition) is 1. The molecule has 0 rings (SSSR count). The number of aliphatic hydroxyl groups is 1. The van der Waals surface area contributed by atoms with Crippen LogP contribution >= 0.6 is 0 Å². The molecule has 0 aliphatic carbocycles. The molecule has 74 valence electrons. The van der Waals surface area contributed by atoms with Crippen LogP contribution in [0.5, 0.6) is 0 Å². The van der Waals surface area contributed by atoms with E-state index < -0.39 is 17.4 Å². The van der Waals surface area contributed by atoms with Crippen LogP contribution in [0.2, 0.25) is 0 Å². The first kappa shape index (κ1) is 11.8. The van der Waals surface area contributed by atoms with Crippen molar-refractivity contribution >= 4 is 0 Å². The van der Waals surface area contributed by atoms with Crippen molar-refractivity contribution in [2.24, 2.45) is 5.92 Å². The lowest BCUT2D eigenvalue weighted by Gasteiger charge is -2.36. The molecule has 0 aliphatic heterocycles. The van der Waals surface area contributed by atoms with Crippen molar-refractivity contribution in [3.05, 3.63) is 0 Å². The third-order valence-corrected chi connectivity index (χ3v) is 2.52. The molecule has 1 N–H and O–H groups in total. The van der Waals surface area contributed by atoms with E-state index in [1.165, 1.54) is 13.8 Å². The lowest BCUT2D eigenvalue weighted by molar-refractivity contribution is -0.207. The summed E-state index contributed by atoms with van der Waals surface area (Å²) in [5.74, 6) is -3.81. The second-order valence-corrected chi connectivity index (χ2v) is 3.52. The van der Waals surface area contributed by atoms with Gasteiger partial charge in [-0.05, 0) is 12.8 Å². The van der Waals surface area contributed by atoms with Crippen LogP contribution in [0.15, 0.2) is 0 Å². The fourth-order valence-corrected chi connectivity index (χ4v) is 1.26. The minimum atomic E-state index is -2.99. The summed E-state index contributed by atoms with van der Waals surface area (Å²) in [4.78, 5) is 0. The first-order chi connectivity index (χ1) is 5.31. The number of hydrogen-bond acceptors (Lipinski definition) is 1. The molecule has 0 amide bonds. The average molecular weight is 180 g/mol. The molecule has 0 radical (unpaired) electrons. The fraction of sp³-hybridized carbons (Fsp3) is 1.00. The molecule has 0 bridgehead atoms. The lowest BCUT2D eigenvalue weighted by atomic mass is 9.83. The van der Waals surface area contributed by atoms with E-state index in [4.69, 9.17) is 0 Å². The standard InChI is InChI=1S/C9H18F2O/c1-5-8(12,6-2)9(10,11)7(3)4/h7,12H,5-6H2,1-4H3. The minimum absolute atomic E-state index is 0.0919. The van der Waals surface area contributed by atoms with Crippen LogP contribution in [0.1, 0.15) is 40.5 Å². The number of alkyl halides is 2. The zero-order valence-corrected chi connectivity index (χ0v) is 8.19. The normalized spacial score (nSPS) is 14.0. The Balaban J connectivity index is 4.70.